The largest absolute Gasteiger partial charge is 0.493 e. The molecule has 23 heavy (non-hydrogen) atoms. The van der Waals surface area contributed by atoms with Crippen molar-refractivity contribution in [1.82, 2.24) is 9.78 Å². The summed E-state index contributed by atoms with van der Waals surface area (Å²) in [7, 11) is 0. The highest BCUT2D eigenvalue weighted by Crippen LogP contribution is 2.34. The van der Waals surface area contributed by atoms with Gasteiger partial charge in [0.25, 0.3) is 0 Å². The van der Waals surface area contributed by atoms with Crippen molar-refractivity contribution in [2.45, 2.75) is 45.6 Å². The Hall–Kier alpha value is -2.30. The van der Waals surface area contributed by atoms with Crippen molar-refractivity contribution < 1.29 is 9.53 Å². The Labute approximate surface area is 136 Å². The summed E-state index contributed by atoms with van der Waals surface area (Å²) in [5, 5.41) is 7.56. The zero-order valence-corrected chi connectivity index (χ0v) is 14.1. The van der Waals surface area contributed by atoms with E-state index in [1.807, 2.05) is 41.9 Å². The van der Waals surface area contributed by atoms with Crippen LogP contribution in [0, 0.1) is 6.92 Å². The molecule has 1 amide bonds. The number of aryl methyl sites for hydroxylation is 1. The molecule has 1 atom stereocenters. The van der Waals surface area contributed by atoms with Crippen molar-refractivity contribution in [2.75, 3.05) is 11.9 Å². The maximum atomic E-state index is 12.8. The van der Waals surface area contributed by atoms with E-state index in [2.05, 4.69) is 31.2 Å². The number of amides is 1. The van der Waals surface area contributed by atoms with Crippen LogP contribution in [0.25, 0.3) is 0 Å². The molecule has 0 saturated carbocycles. The Morgan fingerprint density at radius 2 is 2.09 bits per heavy atom. The van der Waals surface area contributed by atoms with E-state index < -0.39 is 0 Å². The predicted octanol–water partition coefficient (Wildman–Crippen LogP) is 3.45. The zero-order valence-electron chi connectivity index (χ0n) is 14.1. The SMILES string of the molecule is Cc1cc(NC(=O)C2CCOc3ccccc32)n(C(C)(C)C)n1. The van der Waals surface area contributed by atoms with Gasteiger partial charge in [0.2, 0.25) is 5.91 Å². The monoisotopic (exact) mass is 313 g/mol. The molecule has 1 aromatic heterocycles. The lowest BCUT2D eigenvalue weighted by atomic mass is 9.92. The lowest BCUT2D eigenvalue weighted by Crippen LogP contribution is -2.30. The van der Waals surface area contributed by atoms with Crippen LogP contribution in [-0.2, 0) is 10.3 Å². The first-order valence-electron chi connectivity index (χ1n) is 7.96. The molecule has 1 aromatic carbocycles. The summed E-state index contributed by atoms with van der Waals surface area (Å²) in [5.74, 6) is 1.35. The second-order valence-electron chi connectivity index (χ2n) is 6.97. The number of para-hydroxylation sites is 1. The van der Waals surface area contributed by atoms with Gasteiger partial charge < -0.3 is 10.1 Å². The summed E-state index contributed by atoms with van der Waals surface area (Å²) >= 11 is 0. The van der Waals surface area contributed by atoms with Crippen molar-refractivity contribution in [2.24, 2.45) is 0 Å². The quantitative estimate of drug-likeness (QED) is 0.924. The number of aromatic nitrogens is 2. The first-order valence-corrected chi connectivity index (χ1v) is 7.96. The van der Waals surface area contributed by atoms with Crippen LogP contribution in [0.4, 0.5) is 5.82 Å². The molecular weight excluding hydrogens is 290 g/mol. The minimum Gasteiger partial charge on any atom is -0.493 e. The summed E-state index contributed by atoms with van der Waals surface area (Å²) in [4.78, 5) is 12.8. The number of hydrogen-bond acceptors (Lipinski definition) is 3. The summed E-state index contributed by atoms with van der Waals surface area (Å²) in [6.07, 6.45) is 0.686. The lowest BCUT2D eigenvalue weighted by Gasteiger charge is -2.26. The van der Waals surface area contributed by atoms with Gasteiger partial charge >= 0.3 is 0 Å². The topological polar surface area (TPSA) is 56.1 Å². The number of fused-ring (bicyclic) bond motifs is 1. The van der Waals surface area contributed by atoms with Crippen LogP contribution in [0.5, 0.6) is 5.75 Å². The molecule has 0 radical (unpaired) electrons. The first kappa shape index (κ1) is 15.6. The van der Waals surface area contributed by atoms with Gasteiger partial charge in [0.1, 0.15) is 11.6 Å². The minimum atomic E-state index is -0.191. The summed E-state index contributed by atoms with van der Waals surface area (Å²) in [5.41, 5.74) is 1.65. The fourth-order valence-corrected chi connectivity index (χ4v) is 2.93. The van der Waals surface area contributed by atoms with Crippen molar-refractivity contribution in [3.8, 4) is 5.75 Å². The van der Waals surface area contributed by atoms with Crippen LogP contribution >= 0.6 is 0 Å². The number of hydrogen-bond donors (Lipinski definition) is 1. The van der Waals surface area contributed by atoms with E-state index in [-0.39, 0.29) is 17.4 Å². The molecule has 0 saturated heterocycles. The molecule has 3 rings (SSSR count). The van der Waals surface area contributed by atoms with Gasteiger partial charge in [-0.25, -0.2) is 4.68 Å². The highest BCUT2D eigenvalue weighted by molar-refractivity contribution is 5.95. The number of ether oxygens (including phenoxy) is 1. The Morgan fingerprint density at radius 1 is 1.35 bits per heavy atom. The van der Waals surface area contributed by atoms with Gasteiger partial charge in [0.15, 0.2) is 0 Å². The molecule has 1 aliphatic rings. The van der Waals surface area contributed by atoms with Gasteiger partial charge in [-0.15, -0.1) is 0 Å². The van der Waals surface area contributed by atoms with Gasteiger partial charge in [-0.2, -0.15) is 5.10 Å². The standard InChI is InChI=1S/C18H23N3O2/c1-12-11-16(21(20-12)18(2,3)4)19-17(22)14-9-10-23-15-8-6-5-7-13(14)15/h5-8,11,14H,9-10H2,1-4H3,(H,19,22). The van der Waals surface area contributed by atoms with Gasteiger partial charge in [-0.1, -0.05) is 18.2 Å². The van der Waals surface area contributed by atoms with Crippen LogP contribution in [0.1, 0.15) is 44.4 Å². The minimum absolute atomic E-state index is 0.00819. The van der Waals surface area contributed by atoms with Crippen molar-refractivity contribution in [3.05, 3.63) is 41.6 Å². The number of anilines is 1. The van der Waals surface area contributed by atoms with Gasteiger partial charge in [0, 0.05) is 11.6 Å². The Morgan fingerprint density at radius 3 is 2.83 bits per heavy atom. The molecule has 2 aromatic rings. The number of carbonyl (C=O) groups is 1. The highest BCUT2D eigenvalue weighted by atomic mass is 16.5. The highest BCUT2D eigenvalue weighted by Gasteiger charge is 2.29. The van der Waals surface area contributed by atoms with E-state index in [0.717, 1.165) is 22.8 Å². The molecular formula is C18H23N3O2. The summed E-state index contributed by atoms with van der Waals surface area (Å²) < 4.78 is 7.51. The van der Waals surface area contributed by atoms with Crippen LogP contribution in [0.3, 0.4) is 0 Å². The van der Waals surface area contributed by atoms with Crippen molar-refractivity contribution in [3.63, 3.8) is 0 Å². The summed E-state index contributed by atoms with van der Waals surface area (Å²) in [6.45, 7) is 8.70. The molecule has 0 bridgehead atoms. The van der Waals surface area contributed by atoms with Crippen molar-refractivity contribution >= 4 is 11.7 Å². The Bertz CT molecular complexity index is 728. The molecule has 5 nitrogen and oxygen atoms in total. The molecule has 2 heterocycles. The molecule has 0 aliphatic carbocycles. The van der Waals surface area contributed by atoms with Crippen molar-refractivity contribution in [1.29, 1.82) is 0 Å². The second kappa shape index (κ2) is 5.72. The average Bonchev–Trinajstić information content (AvgIpc) is 2.87. The zero-order chi connectivity index (χ0) is 16.6. The molecule has 0 spiro atoms. The third kappa shape index (κ3) is 3.09. The van der Waals surface area contributed by atoms with E-state index in [9.17, 15) is 4.79 Å². The van der Waals surface area contributed by atoms with E-state index in [4.69, 9.17) is 4.74 Å². The molecule has 1 unspecified atom stereocenters. The van der Waals surface area contributed by atoms with E-state index in [1.54, 1.807) is 0 Å². The second-order valence-corrected chi connectivity index (χ2v) is 6.97. The summed E-state index contributed by atoms with van der Waals surface area (Å²) in [6, 6.07) is 9.66. The molecule has 122 valence electrons. The predicted molar refractivity (Wildman–Crippen MR) is 89.9 cm³/mol. The fourth-order valence-electron chi connectivity index (χ4n) is 2.93. The molecule has 5 heteroatoms. The molecule has 0 fully saturated rings. The fraction of sp³-hybridized carbons (Fsp3) is 0.444. The van der Waals surface area contributed by atoms with E-state index in [1.165, 1.54) is 0 Å². The van der Waals surface area contributed by atoms with Gasteiger partial charge in [-0.3, -0.25) is 4.79 Å². The third-order valence-corrected chi connectivity index (χ3v) is 3.99. The maximum Gasteiger partial charge on any atom is 0.233 e. The normalized spacial score (nSPS) is 17.3. The maximum absolute atomic E-state index is 12.8. The third-order valence-electron chi connectivity index (χ3n) is 3.99. The Kier molecular flexibility index (Phi) is 3.88. The number of nitrogens with zero attached hydrogens (tertiary/aromatic N) is 2. The van der Waals surface area contributed by atoms with Crippen LogP contribution < -0.4 is 10.1 Å². The van der Waals surface area contributed by atoms with E-state index >= 15 is 0 Å². The average molecular weight is 313 g/mol. The van der Waals surface area contributed by atoms with Crippen LogP contribution in [0.2, 0.25) is 0 Å². The first-order chi connectivity index (χ1) is 10.9. The van der Waals surface area contributed by atoms with E-state index in [0.29, 0.717) is 13.0 Å². The van der Waals surface area contributed by atoms with Crippen LogP contribution in [-0.4, -0.2) is 22.3 Å². The Balaban J connectivity index is 1.87. The number of carbonyl (C=O) groups excluding carboxylic acids is 1. The van der Waals surface area contributed by atoms with Gasteiger partial charge in [0.05, 0.1) is 23.8 Å². The smallest absolute Gasteiger partial charge is 0.233 e. The molecule has 1 N–H and O–H groups in total. The van der Waals surface area contributed by atoms with Gasteiger partial charge in [-0.05, 0) is 40.2 Å². The number of benzene rings is 1. The number of rotatable bonds is 2. The molecule has 1 aliphatic heterocycles. The lowest BCUT2D eigenvalue weighted by molar-refractivity contribution is -0.118. The number of nitrogens with one attached hydrogen (secondary N) is 1. The van der Waals surface area contributed by atoms with Crippen LogP contribution in [0.15, 0.2) is 30.3 Å².